The van der Waals surface area contributed by atoms with Crippen molar-refractivity contribution in [1.29, 1.82) is 0 Å². The summed E-state index contributed by atoms with van der Waals surface area (Å²) in [5.41, 5.74) is 2.20. The molecule has 0 radical (unpaired) electrons. The van der Waals surface area contributed by atoms with Crippen LogP contribution in [0, 0.1) is 0 Å². The lowest BCUT2D eigenvalue weighted by atomic mass is 10.1. The lowest BCUT2D eigenvalue weighted by Gasteiger charge is -2.15. The molecule has 1 aromatic carbocycles. The molecule has 1 saturated carbocycles. The van der Waals surface area contributed by atoms with Gasteiger partial charge in [-0.3, -0.25) is 14.5 Å². The molecular formula is C16H20N2O3. The van der Waals surface area contributed by atoms with Crippen LogP contribution in [-0.4, -0.2) is 35.9 Å². The Labute approximate surface area is 124 Å². The molecule has 1 aliphatic heterocycles. The van der Waals surface area contributed by atoms with E-state index in [4.69, 9.17) is 4.74 Å². The van der Waals surface area contributed by atoms with Gasteiger partial charge in [0.1, 0.15) is 0 Å². The average Bonchev–Trinajstić information content (AvgIpc) is 3.25. The summed E-state index contributed by atoms with van der Waals surface area (Å²) in [7, 11) is 1.66. The number of carbonyl (C=O) groups is 2. The molecule has 5 heteroatoms. The van der Waals surface area contributed by atoms with Crippen LogP contribution in [0.25, 0.3) is 0 Å². The van der Waals surface area contributed by atoms with Gasteiger partial charge in [-0.25, -0.2) is 0 Å². The molecule has 112 valence electrons. The highest BCUT2D eigenvalue weighted by atomic mass is 16.5. The summed E-state index contributed by atoms with van der Waals surface area (Å²) in [4.78, 5) is 25.6. The third kappa shape index (κ3) is 2.99. The molecule has 3 rings (SSSR count). The Bertz CT molecular complexity index is 554. The molecule has 1 aromatic rings. The number of nitrogens with one attached hydrogen (secondary N) is 1. The van der Waals surface area contributed by atoms with Crippen molar-refractivity contribution in [2.45, 2.75) is 44.5 Å². The average molecular weight is 288 g/mol. The lowest BCUT2D eigenvalue weighted by molar-refractivity contribution is -0.139. The number of amides is 2. The van der Waals surface area contributed by atoms with Crippen molar-refractivity contribution in [2.24, 2.45) is 0 Å². The zero-order valence-electron chi connectivity index (χ0n) is 12.2. The van der Waals surface area contributed by atoms with E-state index in [1.807, 2.05) is 24.3 Å². The molecular weight excluding hydrogens is 268 g/mol. The minimum absolute atomic E-state index is 0.0369. The van der Waals surface area contributed by atoms with Crippen molar-refractivity contribution < 1.29 is 14.3 Å². The zero-order chi connectivity index (χ0) is 14.8. The Morgan fingerprint density at radius 2 is 1.95 bits per heavy atom. The van der Waals surface area contributed by atoms with E-state index in [2.05, 4.69) is 5.32 Å². The topological polar surface area (TPSA) is 58.6 Å². The number of carbonyl (C=O) groups excluding carboxylic acids is 2. The summed E-state index contributed by atoms with van der Waals surface area (Å²) in [6.07, 6.45) is 2.20. The predicted octanol–water partition coefficient (Wildman–Crippen LogP) is 1.21. The Morgan fingerprint density at radius 1 is 1.24 bits per heavy atom. The maximum absolute atomic E-state index is 12.2. The fraction of sp³-hybridized carbons (Fsp3) is 0.500. The summed E-state index contributed by atoms with van der Waals surface area (Å²) in [5, 5.41) is 3.22. The highest BCUT2D eigenvalue weighted by molar-refractivity contribution is 6.06. The van der Waals surface area contributed by atoms with Gasteiger partial charge in [-0.05, 0) is 24.0 Å². The van der Waals surface area contributed by atoms with Gasteiger partial charge < -0.3 is 10.1 Å². The standard InChI is InChI=1S/C16H20N2O3/c1-21-10-12-5-3-2-4-11(12)9-17-14-8-15(19)18(16(14)20)13-6-7-13/h2-5,13-14,17H,6-10H2,1H3. The minimum Gasteiger partial charge on any atom is -0.380 e. The van der Waals surface area contributed by atoms with Crippen LogP contribution in [0.2, 0.25) is 0 Å². The van der Waals surface area contributed by atoms with E-state index < -0.39 is 0 Å². The number of hydrogen-bond acceptors (Lipinski definition) is 4. The highest BCUT2D eigenvalue weighted by Gasteiger charge is 2.45. The summed E-state index contributed by atoms with van der Waals surface area (Å²) in [6, 6.07) is 7.75. The molecule has 2 fully saturated rings. The first kappa shape index (κ1) is 14.2. The van der Waals surface area contributed by atoms with Crippen molar-refractivity contribution in [3.63, 3.8) is 0 Å². The van der Waals surface area contributed by atoms with E-state index in [0.29, 0.717) is 13.2 Å². The van der Waals surface area contributed by atoms with Crippen LogP contribution >= 0.6 is 0 Å². The fourth-order valence-corrected chi connectivity index (χ4v) is 2.79. The molecule has 1 saturated heterocycles. The van der Waals surface area contributed by atoms with Gasteiger partial charge in [-0.15, -0.1) is 0 Å². The number of imide groups is 1. The van der Waals surface area contributed by atoms with Crippen molar-refractivity contribution in [3.05, 3.63) is 35.4 Å². The molecule has 1 aliphatic carbocycles. The van der Waals surface area contributed by atoms with Crippen molar-refractivity contribution >= 4 is 11.8 Å². The maximum atomic E-state index is 12.2. The molecule has 1 N–H and O–H groups in total. The smallest absolute Gasteiger partial charge is 0.247 e. The van der Waals surface area contributed by atoms with Gasteiger partial charge in [-0.1, -0.05) is 24.3 Å². The largest absolute Gasteiger partial charge is 0.380 e. The van der Waals surface area contributed by atoms with Crippen LogP contribution < -0.4 is 5.32 Å². The monoisotopic (exact) mass is 288 g/mol. The van der Waals surface area contributed by atoms with Crippen LogP contribution in [0.3, 0.4) is 0 Å². The summed E-state index contributed by atoms with van der Waals surface area (Å²) in [6.45, 7) is 1.12. The predicted molar refractivity (Wildman–Crippen MR) is 77.3 cm³/mol. The van der Waals surface area contributed by atoms with Gasteiger partial charge in [0, 0.05) is 19.7 Å². The van der Waals surface area contributed by atoms with Gasteiger partial charge >= 0.3 is 0 Å². The van der Waals surface area contributed by atoms with E-state index in [-0.39, 0.29) is 30.3 Å². The summed E-state index contributed by atoms with van der Waals surface area (Å²) in [5.74, 6) is -0.100. The highest BCUT2D eigenvalue weighted by Crippen LogP contribution is 2.31. The first-order valence-corrected chi connectivity index (χ1v) is 7.35. The molecule has 0 spiro atoms. The molecule has 21 heavy (non-hydrogen) atoms. The Kier molecular flexibility index (Phi) is 4.03. The summed E-state index contributed by atoms with van der Waals surface area (Å²) >= 11 is 0. The number of methoxy groups -OCH3 is 1. The van der Waals surface area contributed by atoms with E-state index in [9.17, 15) is 9.59 Å². The first-order chi connectivity index (χ1) is 10.2. The minimum atomic E-state index is -0.381. The van der Waals surface area contributed by atoms with Crippen LogP contribution in [0.15, 0.2) is 24.3 Å². The van der Waals surface area contributed by atoms with Gasteiger partial charge in [0.05, 0.1) is 19.1 Å². The number of benzene rings is 1. The third-order valence-corrected chi connectivity index (χ3v) is 4.05. The van der Waals surface area contributed by atoms with Gasteiger partial charge in [-0.2, -0.15) is 0 Å². The zero-order valence-corrected chi connectivity index (χ0v) is 12.2. The van der Waals surface area contributed by atoms with E-state index >= 15 is 0 Å². The van der Waals surface area contributed by atoms with Crippen molar-refractivity contribution in [1.82, 2.24) is 10.2 Å². The van der Waals surface area contributed by atoms with Gasteiger partial charge in [0.25, 0.3) is 0 Å². The van der Waals surface area contributed by atoms with E-state index in [1.165, 1.54) is 4.90 Å². The Hall–Kier alpha value is -1.72. The van der Waals surface area contributed by atoms with Gasteiger partial charge in [0.2, 0.25) is 11.8 Å². The van der Waals surface area contributed by atoms with E-state index in [1.54, 1.807) is 7.11 Å². The number of hydrogen-bond donors (Lipinski definition) is 1. The molecule has 2 amide bonds. The normalized spacial score (nSPS) is 22.1. The second-order valence-corrected chi connectivity index (χ2v) is 5.67. The SMILES string of the molecule is COCc1ccccc1CNC1CC(=O)N(C2CC2)C1=O. The van der Waals surface area contributed by atoms with Crippen LogP contribution in [-0.2, 0) is 27.5 Å². The second-order valence-electron chi connectivity index (χ2n) is 5.67. The number of ether oxygens (including phenoxy) is 1. The molecule has 0 aromatic heterocycles. The van der Waals surface area contributed by atoms with E-state index in [0.717, 1.165) is 24.0 Å². The fourth-order valence-electron chi connectivity index (χ4n) is 2.79. The number of nitrogens with zero attached hydrogens (tertiary/aromatic N) is 1. The molecule has 1 unspecified atom stereocenters. The lowest BCUT2D eigenvalue weighted by Crippen LogP contribution is -2.39. The van der Waals surface area contributed by atoms with Crippen molar-refractivity contribution in [2.75, 3.05) is 7.11 Å². The molecule has 5 nitrogen and oxygen atoms in total. The van der Waals surface area contributed by atoms with Gasteiger partial charge in [0.15, 0.2) is 0 Å². The molecule has 2 aliphatic rings. The summed E-state index contributed by atoms with van der Waals surface area (Å²) < 4.78 is 5.18. The van der Waals surface area contributed by atoms with Crippen LogP contribution in [0.4, 0.5) is 0 Å². The molecule has 0 bridgehead atoms. The quantitative estimate of drug-likeness (QED) is 0.800. The Morgan fingerprint density at radius 3 is 2.62 bits per heavy atom. The van der Waals surface area contributed by atoms with Crippen LogP contribution in [0.1, 0.15) is 30.4 Å². The number of rotatable bonds is 6. The second kappa shape index (κ2) is 5.95. The number of likely N-dealkylation sites (tertiary alicyclic amines) is 1. The molecule has 1 heterocycles. The first-order valence-electron chi connectivity index (χ1n) is 7.35. The Balaban J connectivity index is 1.63. The van der Waals surface area contributed by atoms with Crippen LogP contribution in [0.5, 0.6) is 0 Å². The van der Waals surface area contributed by atoms with Crippen molar-refractivity contribution in [3.8, 4) is 0 Å². The maximum Gasteiger partial charge on any atom is 0.247 e. The third-order valence-electron chi connectivity index (χ3n) is 4.05. The molecule has 1 atom stereocenters.